The molecule has 1 aromatic carbocycles. The smallest absolute Gasteiger partial charge is 0.167 e. The lowest BCUT2D eigenvalue weighted by Crippen LogP contribution is -2.04. The molecule has 0 aliphatic rings. The Kier molecular flexibility index (Phi) is 3.94. The van der Waals surface area contributed by atoms with E-state index in [1.165, 1.54) is 30.5 Å². The van der Waals surface area contributed by atoms with E-state index in [-0.39, 0.29) is 22.4 Å². The lowest BCUT2D eigenvalue weighted by molar-refractivity contribution is 0.0993. The van der Waals surface area contributed by atoms with Crippen molar-refractivity contribution in [3.05, 3.63) is 63.6 Å². The summed E-state index contributed by atoms with van der Waals surface area (Å²) in [5.41, 5.74) is 1.12. The maximum absolute atomic E-state index is 13.0. The highest BCUT2D eigenvalue weighted by atomic mass is 35.5. The molecule has 0 saturated carbocycles. The molecule has 0 radical (unpaired) electrons. The third kappa shape index (κ3) is 3.06. The van der Waals surface area contributed by atoms with Crippen LogP contribution in [-0.2, 0) is 6.42 Å². The van der Waals surface area contributed by atoms with Crippen molar-refractivity contribution in [3.8, 4) is 0 Å². The summed E-state index contributed by atoms with van der Waals surface area (Å²) < 4.78 is 13.0. The van der Waals surface area contributed by atoms with Crippen LogP contribution in [0.2, 0.25) is 10.2 Å². The van der Waals surface area contributed by atoms with Crippen molar-refractivity contribution in [3.63, 3.8) is 0 Å². The highest BCUT2D eigenvalue weighted by molar-refractivity contribution is 6.31. The fraction of sp³-hybridized carbons (Fsp3) is 0.0769. The number of hydrogen-bond donors (Lipinski definition) is 0. The van der Waals surface area contributed by atoms with Gasteiger partial charge in [-0.2, -0.15) is 0 Å². The van der Waals surface area contributed by atoms with Crippen molar-refractivity contribution < 1.29 is 9.18 Å². The Hall–Kier alpha value is -1.45. The zero-order valence-electron chi connectivity index (χ0n) is 9.16. The standard InChI is InChI=1S/C13H8Cl2FNO/c14-10-5-8(1-2-11(10)16)6-12(18)9-3-4-17-13(15)7-9/h1-5,7H,6H2. The van der Waals surface area contributed by atoms with Gasteiger partial charge in [-0.15, -0.1) is 0 Å². The van der Waals surface area contributed by atoms with E-state index in [2.05, 4.69) is 4.98 Å². The van der Waals surface area contributed by atoms with Crippen LogP contribution in [0.4, 0.5) is 4.39 Å². The van der Waals surface area contributed by atoms with Crippen LogP contribution < -0.4 is 0 Å². The minimum Gasteiger partial charge on any atom is -0.294 e. The van der Waals surface area contributed by atoms with Gasteiger partial charge in [0.2, 0.25) is 0 Å². The molecule has 0 atom stereocenters. The maximum Gasteiger partial charge on any atom is 0.167 e. The molecule has 92 valence electrons. The predicted octanol–water partition coefficient (Wildman–Crippen LogP) is 3.95. The molecule has 2 aromatic rings. The van der Waals surface area contributed by atoms with Crippen LogP contribution in [0.15, 0.2) is 36.5 Å². The molecule has 5 heteroatoms. The molecule has 1 aromatic heterocycles. The first-order valence-electron chi connectivity index (χ1n) is 5.15. The van der Waals surface area contributed by atoms with Crippen molar-refractivity contribution in [2.24, 2.45) is 0 Å². The molecule has 1 heterocycles. The van der Waals surface area contributed by atoms with Crippen molar-refractivity contribution >= 4 is 29.0 Å². The monoisotopic (exact) mass is 283 g/mol. The first kappa shape index (κ1) is 13.0. The van der Waals surface area contributed by atoms with Gasteiger partial charge in [0.25, 0.3) is 0 Å². The quantitative estimate of drug-likeness (QED) is 0.631. The minimum absolute atomic E-state index is 0.00746. The number of aromatic nitrogens is 1. The van der Waals surface area contributed by atoms with Crippen molar-refractivity contribution in [1.82, 2.24) is 4.98 Å². The van der Waals surface area contributed by atoms with Gasteiger partial charge in [0.05, 0.1) is 5.02 Å². The van der Waals surface area contributed by atoms with Gasteiger partial charge in [0.1, 0.15) is 11.0 Å². The Morgan fingerprint density at radius 1 is 1.22 bits per heavy atom. The molecule has 2 rings (SSSR count). The number of carbonyl (C=O) groups is 1. The van der Waals surface area contributed by atoms with Gasteiger partial charge in [-0.25, -0.2) is 9.37 Å². The van der Waals surface area contributed by atoms with Crippen molar-refractivity contribution in [2.45, 2.75) is 6.42 Å². The molecule has 0 spiro atoms. The fourth-order valence-electron chi connectivity index (χ4n) is 1.51. The molecule has 18 heavy (non-hydrogen) atoms. The summed E-state index contributed by atoms with van der Waals surface area (Å²) in [7, 11) is 0. The number of nitrogens with zero attached hydrogens (tertiary/aromatic N) is 1. The number of rotatable bonds is 3. The summed E-state index contributed by atoms with van der Waals surface area (Å²) in [6.07, 6.45) is 1.60. The van der Waals surface area contributed by atoms with Crippen molar-refractivity contribution in [2.75, 3.05) is 0 Å². The van der Waals surface area contributed by atoms with Crippen LogP contribution >= 0.6 is 23.2 Å². The molecule has 0 amide bonds. The van der Waals surface area contributed by atoms with Gasteiger partial charge < -0.3 is 0 Å². The Bertz CT molecular complexity index is 601. The SMILES string of the molecule is O=C(Cc1ccc(F)c(Cl)c1)c1ccnc(Cl)c1. The van der Waals surface area contributed by atoms with E-state index in [4.69, 9.17) is 23.2 Å². The second-order valence-electron chi connectivity index (χ2n) is 3.72. The summed E-state index contributed by atoms with van der Waals surface area (Å²) >= 11 is 11.4. The van der Waals surface area contributed by atoms with Crippen LogP contribution in [0.1, 0.15) is 15.9 Å². The Balaban J connectivity index is 2.18. The van der Waals surface area contributed by atoms with E-state index >= 15 is 0 Å². The molecule has 0 N–H and O–H groups in total. The number of benzene rings is 1. The van der Waals surface area contributed by atoms with Gasteiger partial charge in [-0.1, -0.05) is 29.3 Å². The van der Waals surface area contributed by atoms with E-state index in [1.807, 2.05) is 0 Å². The van der Waals surface area contributed by atoms with E-state index in [0.717, 1.165) is 0 Å². The summed E-state index contributed by atoms with van der Waals surface area (Å²) in [5, 5.41) is 0.269. The Labute approximate surface area is 113 Å². The maximum atomic E-state index is 13.0. The minimum atomic E-state index is -0.500. The van der Waals surface area contributed by atoms with E-state index in [1.54, 1.807) is 6.07 Å². The Morgan fingerprint density at radius 3 is 2.67 bits per heavy atom. The topological polar surface area (TPSA) is 30.0 Å². The fourth-order valence-corrected chi connectivity index (χ4v) is 1.89. The summed E-state index contributed by atoms with van der Waals surface area (Å²) in [6, 6.07) is 7.29. The van der Waals surface area contributed by atoms with Gasteiger partial charge in [0.15, 0.2) is 5.78 Å². The van der Waals surface area contributed by atoms with E-state index in [9.17, 15) is 9.18 Å². The summed E-state index contributed by atoms with van der Waals surface area (Å²) in [4.78, 5) is 15.7. The number of hydrogen-bond acceptors (Lipinski definition) is 2. The molecule has 0 aliphatic heterocycles. The van der Waals surface area contributed by atoms with Gasteiger partial charge in [0, 0.05) is 18.2 Å². The van der Waals surface area contributed by atoms with E-state index < -0.39 is 5.82 Å². The number of halogens is 3. The average molecular weight is 284 g/mol. The second-order valence-corrected chi connectivity index (χ2v) is 4.51. The van der Waals surface area contributed by atoms with Gasteiger partial charge in [-0.3, -0.25) is 4.79 Å². The third-order valence-corrected chi connectivity index (χ3v) is 2.89. The van der Waals surface area contributed by atoms with Crippen LogP contribution in [-0.4, -0.2) is 10.8 Å². The first-order valence-corrected chi connectivity index (χ1v) is 5.90. The lowest BCUT2D eigenvalue weighted by atomic mass is 10.0. The normalized spacial score (nSPS) is 10.4. The summed E-state index contributed by atoms with van der Waals surface area (Å²) in [6.45, 7) is 0. The molecular weight excluding hydrogens is 276 g/mol. The number of carbonyl (C=O) groups excluding carboxylic acids is 1. The Morgan fingerprint density at radius 2 is 2.00 bits per heavy atom. The van der Waals surface area contributed by atoms with Crippen LogP contribution in [0.3, 0.4) is 0 Å². The number of Topliss-reactive ketones (excluding diaryl/α,β-unsaturated/α-hetero) is 1. The number of ketones is 1. The molecular formula is C13H8Cl2FNO. The molecule has 0 bridgehead atoms. The zero-order valence-corrected chi connectivity index (χ0v) is 10.7. The van der Waals surface area contributed by atoms with Crippen LogP contribution in [0, 0.1) is 5.82 Å². The summed E-state index contributed by atoms with van der Waals surface area (Å²) in [5.74, 6) is -0.623. The molecule has 0 saturated heterocycles. The highest BCUT2D eigenvalue weighted by Crippen LogP contribution is 2.18. The largest absolute Gasteiger partial charge is 0.294 e. The predicted molar refractivity (Wildman–Crippen MR) is 68.7 cm³/mol. The zero-order chi connectivity index (χ0) is 13.1. The molecule has 2 nitrogen and oxygen atoms in total. The lowest BCUT2D eigenvalue weighted by Gasteiger charge is -2.03. The molecule has 0 unspecified atom stereocenters. The number of pyridine rings is 1. The molecule has 0 aliphatic carbocycles. The van der Waals surface area contributed by atoms with Gasteiger partial charge >= 0.3 is 0 Å². The molecule has 0 fully saturated rings. The average Bonchev–Trinajstić information content (AvgIpc) is 2.34. The highest BCUT2D eigenvalue weighted by Gasteiger charge is 2.09. The van der Waals surface area contributed by atoms with E-state index in [0.29, 0.717) is 11.1 Å². The van der Waals surface area contributed by atoms with Gasteiger partial charge in [-0.05, 0) is 29.8 Å². The van der Waals surface area contributed by atoms with Crippen LogP contribution in [0.25, 0.3) is 0 Å². The van der Waals surface area contributed by atoms with Crippen molar-refractivity contribution in [1.29, 1.82) is 0 Å². The first-order chi connectivity index (χ1) is 8.56. The second kappa shape index (κ2) is 5.46. The third-order valence-electron chi connectivity index (χ3n) is 2.40. The van der Waals surface area contributed by atoms with Crippen LogP contribution in [0.5, 0.6) is 0 Å².